The molecule has 7 nitrogen and oxygen atoms in total. The Balaban J connectivity index is 1.32. The molecule has 0 saturated heterocycles. The van der Waals surface area contributed by atoms with E-state index in [1.54, 1.807) is 0 Å². The lowest BCUT2D eigenvalue weighted by atomic mass is 10.00. The number of hydrogen-bond donors (Lipinski definition) is 1. The van der Waals surface area contributed by atoms with Crippen molar-refractivity contribution in [2.75, 3.05) is 18.1 Å². The van der Waals surface area contributed by atoms with Crippen molar-refractivity contribution in [3.63, 3.8) is 0 Å². The highest BCUT2D eigenvalue weighted by Gasteiger charge is 2.21. The largest absolute Gasteiger partial charge is 0.485 e. The van der Waals surface area contributed by atoms with Gasteiger partial charge in [-0.1, -0.05) is 53.7 Å². The highest BCUT2D eigenvalue weighted by molar-refractivity contribution is 7.99. The Kier molecular flexibility index (Phi) is 5.94. The molecule has 3 aromatic rings. The predicted molar refractivity (Wildman–Crippen MR) is 117 cm³/mol. The van der Waals surface area contributed by atoms with Crippen molar-refractivity contribution >= 4 is 17.7 Å². The maximum Gasteiger partial charge on any atom is 0.233 e. The molecular formula is C22H25N5O2S. The minimum Gasteiger partial charge on any atom is -0.485 e. The van der Waals surface area contributed by atoms with Gasteiger partial charge in [0.15, 0.2) is 5.82 Å². The molecule has 0 radical (unpaired) electrons. The van der Waals surface area contributed by atoms with Crippen LogP contribution in [0.5, 0.6) is 5.75 Å². The van der Waals surface area contributed by atoms with Gasteiger partial charge >= 0.3 is 0 Å². The lowest BCUT2D eigenvalue weighted by Gasteiger charge is -2.28. The first kappa shape index (κ1) is 20.3. The Morgan fingerprint density at radius 2 is 1.97 bits per heavy atom. The maximum absolute atomic E-state index is 12.7. The fourth-order valence-corrected chi connectivity index (χ4v) is 4.31. The van der Waals surface area contributed by atoms with Crippen LogP contribution in [0, 0.1) is 13.8 Å². The summed E-state index contributed by atoms with van der Waals surface area (Å²) in [7, 11) is 0. The zero-order valence-electron chi connectivity index (χ0n) is 17.2. The molecule has 0 atom stereocenters. The number of amides is 1. The average Bonchev–Trinajstić information content (AvgIpc) is 3.10. The van der Waals surface area contributed by atoms with Crippen molar-refractivity contribution < 1.29 is 9.53 Å². The van der Waals surface area contributed by atoms with Gasteiger partial charge in [-0.3, -0.25) is 4.79 Å². The van der Waals surface area contributed by atoms with Gasteiger partial charge in [0.25, 0.3) is 0 Å². The number of carbonyl (C=O) groups is 1. The molecular weight excluding hydrogens is 398 g/mol. The summed E-state index contributed by atoms with van der Waals surface area (Å²) in [6.45, 7) is 5.65. The van der Waals surface area contributed by atoms with Crippen LogP contribution in [0.2, 0.25) is 0 Å². The molecule has 1 aliphatic heterocycles. The number of nitrogens with zero attached hydrogens (tertiary/aromatic N) is 4. The van der Waals surface area contributed by atoms with Crippen LogP contribution in [0.15, 0.2) is 47.6 Å². The van der Waals surface area contributed by atoms with Crippen LogP contribution in [-0.4, -0.2) is 38.0 Å². The van der Waals surface area contributed by atoms with E-state index in [1.165, 1.54) is 33.1 Å². The van der Waals surface area contributed by atoms with E-state index in [-0.39, 0.29) is 18.3 Å². The summed E-state index contributed by atoms with van der Waals surface area (Å²) < 4.78 is 7.23. The van der Waals surface area contributed by atoms with Gasteiger partial charge in [0.05, 0.1) is 5.75 Å². The molecule has 2 heterocycles. The zero-order valence-corrected chi connectivity index (χ0v) is 18.0. The van der Waals surface area contributed by atoms with Gasteiger partial charge < -0.3 is 15.5 Å². The van der Waals surface area contributed by atoms with Gasteiger partial charge in [-0.25, -0.2) is 4.68 Å². The van der Waals surface area contributed by atoms with Crippen LogP contribution in [0.1, 0.15) is 28.1 Å². The van der Waals surface area contributed by atoms with E-state index >= 15 is 0 Å². The molecule has 0 aliphatic carbocycles. The number of carbonyl (C=O) groups excluding carboxylic acids is 1. The molecule has 2 aromatic carbocycles. The van der Waals surface area contributed by atoms with Crippen LogP contribution in [0.3, 0.4) is 0 Å². The van der Waals surface area contributed by atoms with E-state index in [2.05, 4.69) is 28.4 Å². The molecule has 1 aromatic heterocycles. The summed E-state index contributed by atoms with van der Waals surface area (Å²) in [5, 5.41) is 8.73. The predicted octanol–water partition coefficient (Wildman–Crippen LogP) is 2.86. The topological polar surface area (TPSA) is 86.3 Å². The SMILES string of the molecule is Cc1ccc(OCc2nnc(SCC(=O)N3CCc4ccccc4C3)n2N)c(C)c1. The summed E-state index contributed by atoms with van der Waals surface area (Å²) in [6, 6.07) is 14.3. The number of rotatable bonds is 6. The van der Waals surface area contributed by atoms with Crippen molar-refractivity contribution in [1.82, 2.24) is 19.8 Å². The van der Waals surface area contributed by atoms with Gasteiger partial charge in [0.2, 0.25) is 11.1 Å². The standard InChI is InChI=1S/C22H25N5O2S/c1-15-7-8-19(16(2)11-15)29-13-20-24-25-22(27(20)23)30-14-21(28)26-10-9-17-5-3-4-6-18(17)12-26/h3-8,11H,9-10,12-14,23H2,1-2H3. The van der Waals surface area contributed by atoms with Crippen molar-refractivity contribution in [2.24, 2.45) is 0 Å². The summed E-state index contributed by atoms with van der Waals surface area (Å²) in [5.74, 6) is 7.77. The number of fused-ring (bicyclic) bond motifs is 1. The first-order valence-electron chi connectivity index (χ1n) is 9.88. The second kappa shape index (κ2) is 8.79. The third-order valence-electron chi connectivity index (χ3n) is 5.23. The molecule has 30 heavy (non-hydrogen) atoms. The average molecular weight is 424 g/mol. The second-order valence-corrected chi connectivity index (χ2v) is 8.39. The molecule has 1 aliphatic rings. The molecule has 8 heteroatoms. The lowest BCUT2D eigenvalue weighted by Crippen LogP contribution is -2.37. The number of aromatic nitrogens is 3. The van der Waals surface area contributed by atoms with Crippen LogP contribution in [-0.2, 0) is 24.4 Å². The van der Waals surface area contributed by atoms with Crippen molar-refractivity contribution in [1.29, 1.82) is 0 Å². The van der Waals surface area contributed by atoms with E-state index in [1.807, 2.05) is 43.0 Å². The van der Waals surface area contributed by atoms with E-state index in [0.717, 1.165) is 24.3 Å². The molecule has 0 unspecified atom stereocenters. The van der Waals surface area contributed by atoms with Gasteiger partial charge in [0, 0.05) is 13.1 Å². The normalized spacial score (nSPS) is 13.2. The van der Waals surface area contributed by atoms with E-state index in [9.17, 15) is 4.79 Å². The molecule has 2 N–H and O–H groups in total. The van der Waals surface area contributed by atoms with Gasteiger partial charge in [0.1, 0.15) is 12.4 Å². The van der Waals surface area contributed by atoms with Crippen molar-refractivity contribution in [2.45, 2.75) is 38.6 Å². The summed E-state index contributed by atoms with van der Waals surface area (Å²) >= 11 is 1.30. The molecule has 4 rings (SSSR count). The van der Waals surface area contributed by atoms with Crippen molar-refractivity contribution in [3.05, 3.63) is 70.5 Å². The number of ether oxygens (including phenoxy) is 1. The van der Waals surface area contributed by atoms with Crippen molar-refractivity contribution in [3.8, 4) is 5.75 Å². The van der Waals surface area contributed by atoms with Crippen LogP contribution >= 0.6 is 11.8 Å². The second-order valence-electron chi connectivity index (χ2n) is 7.45. The summed E-state index contributed by atoms with van der Waals surface area (Å²) in [5.41, 5.74) is 4.78. The number of nitrogens with two attached hydrogens (primary N) is 1. The van der Waals surface area contributed by atoms with Crippen LogP contribution in [0.25, 0.3) is 0 Å². The third kappa shape index (κ3) is 4.43. The van der Waals surface area contributed by atoms with Gasteiger partial charge in [-0.2, -0.15) is 0 Å². The molecule has 0 saturated carbocycles. The smallest absolute Gasteiger partial charge is 0.233 e. The molecule has 0 fully saturated rings. The summed E-state index contributed by atoms with van der Waals surface area (Å²) in [6.07, 6.45) is 0.888. The first-order chi connectivity index (χ1) is 14.5. The Bertz CT molecular complexity index is 1070. The number of benzene rings is 2. The minimum absolute atomic E-state index is 0.0746. The molecule has 156 valence electrons. The van der Waals surface area contributed by atoms with Gasteiger partial charge in [-0.15, -0.1) is 10.2 Å². The van der Waals surface area contributed by atoms with Crippen LogP contribution in [0.4, 0.5) is 0 Å². The number of thioether (sulfide) groups is 1. The monoisotopic (exact) mass is 423 g/mol. The lowest BCUT2D eigenvalue weighted by molar-refractivity contribution is -0.129. The Morgan fingerprint density at radius 3 is 2.77 bits per heavy atom. The highest BCUT2D eigenvalue weighted by Crippen LogP contribution is 2.22. The quantitative estimate of drug-likeness (QED) is 0.485. The minimum atomic E-state index is 0.0746. The Labute approximate surface area is 180 Å². The Hall–Kier alpha value is -3.00. The maximum atomic E-state index is 12.7. The molecule has 0 bridgehead atoms. The van der Waals surface area contributed by atoms with E-state index in [0.29, 0.717) is 17.5 Å². The number of hydrogen-bond acceptors (Lipinski definition) is 6. The first-order valence-corrected chi connectivity index (χ1v) is 10.9. The Morgan fingerprint density at radius 1 is 1.17 bits per heavy atom. The van der Waals surface area contributed by atoms with Crippen LogP contribution < -0.4 is 10.6 Å². The zero-order chi connectivity index (χ0) is 21.1. The van der Waals surface area contributed by atoms with Gasteiger partial charge in [-0.05, 0) is 43.0 Å². The third-order valence-corrected chi connectivity index (χ3v) is 6.16. The molecule has 1 amide bonds. The fraction of sp³-hybridized carbons (Fsp3) is 0.318. The molecule has 0 spiro atoms. The number of aryl methyl sites for hydroxylation is 2. The summed E-state index contributed by atoms with van der Waals surface area (Å²) in [4.78, 5) is 14.5. The highest BCUT2D eigenvalue weighted by atomic mass is 32.2. The van der Waals surface area contributed by atoms with E-state index in [4.69, 9.17) is 10.6 Å². The number of nitrogen functional groups attached to an aromatic ring is 1. The van der Waals surface area contributed by atoms with E-state index < -0.39 is 0 Å². The fourth-order valence-electron chi connectivity index (χ4n) is 3.53.